The van der Waals surface area contributed by atoms with Crippen molar-refractivity contribution in [2.75, 3.05) is 39.4 Å². The van der Waals surface area contributed by atoms with Gasteiger partial charge in [-0.05, 0) is 37.6 Å². The third-order valence-corrected chi connectivity index (χ3v) is 5.11. The van der Waals surface area contributed by atoms with Gasteiger partial charge in [-0.2, -0.15) is 0 Å². The monoisotopic (exact) mass is 418 g/mol. The van der Waals surface area contributed by atoms with Crippen LogP contribution >= 0.6 is 0 Å². The van der Waals surface area contributed by atoms with Crippen LogP contribution in [0.2, 0.25) is 0 Å². The molecule has 0 unspecified atom stereocenters. The maximum absolute atomic E-state index is 13.9. The van der Waals surface area contributed by atoms with E-state index >= 15 is 0 Å². The average Bonchev–Trinajstić information content (AvgIpc) is 2.74. The lowest BCUT2D eigenvalue weighted by Crippen LogP contribution is -2.48. The summed E-state index contributed by atoms with van der Waals surface area (Å²) in [6.45, 7) is 7.58. The summed E-state index contributed by atoms with van der Waals surface area (Å²) in [6, 6.07) is 9.80. The highest BCUT2D eigenvalue weighted by Gasteiger charge is 2.22. The van der Waals surface area contributed by atoms with Crippen LogP contribution in [0.15, 0.2) is 36.4 Å². The Kier molecular flexibility index (Phi) is 7.63. The van der Waals surface area contributed by atoms with Crippen LogP contribution in [0.4, 0.5) is 8.78 Å². The Morgan fingerprint density at radius 2 is 1.67 bits per heavy atom. The topological polar surface area (TPSA) is 42.0 Å². The van der Waals surface area contributed by atoms with E-state index in [0.29, 0.717) is 63.0 Å². The third-order valence-electron chi connectivity index (χ3n) is 5.11. The molecule has 2 aromatic carbocycles. The van der Waals surface area contributed by atoms with Crippen LogP contribution in [-0.2, 0) is 17.8 Å². The molecule has 1 fully saturated rings. The Morgan fingerprint density at radius 1 is 0.967 bits per heavy atom. The number of carbonyl (C=O) groups excluding carboxylic acids is 1. The van der Waals surface area contributed by atoms with E-state index in [2.05, 4.69) is 0 Å². The first kappa shape index (κ1) is 22.0. The van der Waals surface area contributed by atoms with E-state index in [1.54, 1.807) is 6.07 Å². The summed E-state index contributed by atoms with van der Waals surface area (Å²) in [5.41, 5.74) is 1.21. The van der Waals surface area contributed by atoms with Gasteiger partial charge in [0.05, 0.1) is 19.6 Å². The molecular weight excluding hydrogens is 390 g/mol. The van der Waals surface area contributed by atoms with E-state index < -0.39 is 11.6 Å². The van der Waals surface area contributed by atoms with Crippen molar-refractivity contribution in [1.82, 2.24) is 9.80 Å². The van der Waals surface area contributed by atoms with Gasteiger partial charge in [0.25, 0.3) is 0 Å². The summed E-state index contributed by atoms with van der Waals surface area (Å²) < 4.78 is 38.5. The second-order valence-electron chi connectivity index (χ2n) is 7.19. The van der Waals surface area contributed by atoms with Gasteiger partial charge in [-0.25, -0.2) is 8.78 Å². The summed E-state index contributed by atoms with van der Waals surface area (Å²) in [7, 11) is 0. The van der Waals surface area contributed by atoms with Gasteiger partial charge in [0.1, 0.15) is 0 Å². The molecule has 0 aliphatic carbocycles. The molecular formula is C23H28F2N2O3. The molecule has 0 radical (unpaired) electrons. The number of hydrogen-bond acceptors (Lipinski definition) is 4. The quantitative estimate of drug-likeness (QED) is 0.656. The van der Waals surface area contributed by atoms with Crippen molar-refractivity contribution in [3.8, 4) is 11.5 Å². The van der Waals surface area contributed by atoms with Gasteiger partial charge in [0.2, 0.25) is 5.91 Å². The van der Waals surface area contributed by atoms with Crippen LogP contribution < -0.4 is 9.47 Å². The highest BCUT2D eigenvalue weighted by molar-refractivity contribution is 5.79. The Balaban J connectivity index is 1.55. The highest BCUT2D eigenvalue weighted by atomic mass is 19.2. The number of ether oxygens (including phenoxy) is 2. The Morgan fingerprint density at radius 3 is 2.37 bits per heavy atom. The van der Waals surface area contributed by atoms with Crippen LogP contribution in [0.5, 0.6) is 11.5 Å². The molecule has 5 nitrogen and oxygen atoms in total. The lowest BCUT2D eigenvalue weighted by Gasteiger charge is -2.35. The first-order valence-corrected chi connectivity index (χ1v) is 10.3. The van der Waals surface area contributed by atoms with Gasteiger partial charge < -0.3 is 14.4 Å². The minimum atomic E-state index is -0.830. The van der Waals surface area contributed by atoms with E-state index in [0.717, 1.165) is 11.6 Å². The van der Waals surface area contributed by atoms with Gasteiger partial charge in [-0.15, -0.1) is 0 Å². The largest absolute Gasteiger partial charge is 0.490 e. The van der Waals surface area contributed by atoms with E-state index in [4.69, 9.17) is 9.47 Å². The number of nitrogens with zero attached hydrogens (tertiary/aromatic N) is 2. The van der Waals surface area contributed by atoms with E-state index in [1.165, 1.54) is 6.07 Å². The molecule has 0 spiro atoms. The summed E-state index contributed by atoms with van der Waals surface area (Å²) in [5.74, 6) is -0.266. The van der Waals surface area contributed by atoms with Crippen LogP contribution in [0.25, 0.3) is 0 Å². The van der Waals surface area contributed by atoms with Crippen molar-refractivity contribution < 1.29 is 23.0 Å². The average molecular weight is 418 g/mol. The Bertz CT molecular complexity index is 868. The number of rotatable bonds is 8. The molecule has 0 aromatic heterocycles. The molecule has 30 heavy (non-hydrogen) atoms. The zero-order valence-corrected chi connectivity index (χ0v) is 17.5. The molecule has 0 saturated carbocycles. The fraction of sp³-hybridized carbons (Fsp3) is 0.435. The summed E-state index contributed by atoms with van der Waals surface area (Å²) in [5, 5.41) is 0. The van der Waals surface area contributed by atoms with Gasteiger partial charge in [0.15, 0.2) is 23.1 Å². The lowest BCUT2D eigenvalue weighted by atomic mass is 10.1. The number of benzene rings is 2. The van der Waals surface area contributed by atoms with Crippen LogP contribution in [0.3, 0.4) is 0 Å². The molecule has 162 valence electrons. The zero-order valence-electron chi connectivity index (χ0n) is 17.5. The third kappa shape index (κ3) is 5.48. The zero-order chi connectivity index (χ0) is 21.5. The van der Waals surface area contributed by atoms with Gasteiger partial charge in [-0.3, -0.25) is 9.69 Å². The van der Waals surface area contributed by atoms with Gasteiger partial charge >= 0.3 is 0 Å². The number of piperazine rings is 1. The first-order chi connectivity index (χ1) is 14.5. The molecule has 0 bridgehead atoms. The number of halogens is 2. The normalized spacial score (nSPS) is 14.6. The Labute approximate surface area is 176 Å². The predicted molar refractivity (Wildman–Crippen MR) is 111 cm³/mol. The summed E-state index contributed by atoms with van der Waals surface area (Å²) >= 11 is 0. The van der Waals surface area contributed by atoms with Gasteiger partial charge in [-0.1, -0.05) is 18.2 Å². The minimum Gasteiger partial charge on any atom is -0.490 e. The van der Waals surface area contributed by atoms with Crippen LogP contribution in [0, 0.1) is 11.6 Å². The molecule has 1 saturated heterocycles. The second kappa shape index (κ2) is 10.4. The molecule has 7 heteroatoms. The Hall–Kier alpha value is -2.67. The smallest absolute Gasteiger partial charge is 0.227 e. The number of carbonyl (C=O) groups is 1. The summed E-state index contributed by atoms with van der Waals surface area (Å²) in [4.78, 5) is 16.6. The highest BCUT2D eigenvalue weighted by Crippen LogP contribution is 2.29. The maximum atomic E-state index is 13.9. The van der Waals surface area contributed by atoms with Crippen molar-refractivity contribution in [3.63, 3.8) is 0 Å². The number of amides is 1. The van der Waals surface area contributed by atoms with Crippen molar-refractivity contribution in [2.45, 2.75) is 26.8 Å². The molecule has 0 N–H and O–H groups in total. The molecule has 1 heterocycles. The molecule has 1 aliphatic heterocycles. The van der Waals surface area contributed by atoms with Crippen molar-refractivity contribution in [3.05, 3.63) is 59.2 Å². The van der Waals surface area contributed by atoms with Crippen molar-refractivity contribution in [1.29, 1.82) is 0 Å². The molecule has 3 rings (SSSR count). The van der Waals surface area contributed by atoms with E-state index in [1.807, 2.05) is 41.8 Å². The second-order valence-corrected chi connectivity index (χ2v) is 7.19. The molecule has 0 atom stereocenters. The summed E-state index contributed by atoms with van der Waals surface area (Å²) in [6.07, 6.45) is 0.283. The first-order valence-electron chi connectivity index (χ1n) is 10.3. The van der Waals surface area contributed by atoms with E-state index in [9.17, 15) is 13.6 Å². The fourth-order valence-corrected chi connectivity index (χ4v) is 3.56. The SMILES string of the molecule is CCOc1ccc(CC(=O)N2CCN(Cc3cccc(F)c3F)CC2)cc1OCC. The predicted octanol–water partition coefficient (Wildman–Crippen LogP) is 3.65. The lowest BCUT2D eigenvalue weighted by molar-refractivity contribution is -0.132. The van der Waals surface area contributed by atoms with E-state index in [-0.39, 0.29) is 12.3 Å². The number of hydrogen-bond donors (Lipinski definition) is 0. The van der Waals surface area contributed by atoms with Crippen LogP contribution in [-0.4, -0.2) is 55.1 Å². The molecule has 1 aliphatic rings. The van der Waals surface area contributed by atoms with Crippen molar-refractivity contribution in [2.24, 2.45) is 0 Å². The standard InChI is InChI=1S/C23H28F2N2O3/c1-3-29-20-9-8-17(14-21(20)30-4-2)15-22(28)27-12-10-26(11-13-27)16-18-6-5-7-19(24)23(18)25/h5-9,14H,3-4,10-13,15-16H2,1-2H3. The fourth-order valence-electron chi connectivity index (χ4n) is 3.56. The molecule has 1 amide bonds. The minimum absolute atomic E-state index is 0.0400. The maximum Gasteiger partial charge on any atom is 0.227 e. The van der Waals surface area contributed by atoms with Gasteiger partial charge in [0, 0.05) is 38.3 Å². The van der Waals surface area contributed by atoms with Crippen molar-refractivity contribution >= 4 is 5.91 Å². The van der Waals surface area contributed by atoms with Crippen LogP contribution in [0.1, 0.15) is 25.0 Å². The molecule has 2 aromatic rings.